The predicted molar refractivity (Wildman–Crippen MR) is 56.5 cm³/mol. The number of aromatic nitrogens is 2. The molecule has 3 nitrogen and oxygen atoms in total. The Kier molecular flexibility index (Phi) is 2.18. The van der Waals surface area contributed by atoms with Crippen LogP contribution < -0.4 is 0 Å². The van der Waals surface area contributed by atoms with E-state index >= 15 is 0 Å². The van der Waals surface area contributed by atoms with Gasteiger partial charge in [-0.2, -0.15) is 13.2 Å². The number of benzene rings is 1. The van der Waals surface area contributed by atoms with Gasteiger partial charge < -0.3 is 5.11 Å². The number of fused-ring (bicyclic) bond motifs is 3. The molecule has 1 aliphatic rings. The Morgan fingerprint density at radius 1 is 1.11 bits per heavy atom. The van der Waals surface area contributed by atoms with Crippen LogP contribution in [0.1, 0.15) is 23.2 Å². The average molecular weight is 252 g/mol. The van der Waals surface area contributed by atoms with Gasteiger partial charge in [-0.25, -0.2) is 9.97 Å². The molecule has 6 heteroatoms. The zero-order chi connectivity index (χ0) is 12.9. The maximum Gasteiger partial charge on any atom is 0.451 e. The Bertz CT molecular complexity index is 625. The number of rotatable bonds is 0. The lowest BCUT2D eigenvalue weighted by molar-refractivity contribution is -0.145. The van der Waals surface area contributed by atoms with Crippen LogP contribution in [-0.2, 0) is 6.18 Å². The lowest BCUT2D eigenvalue weighted by atomic mass is 10.1. The van der Waals surface area contributed by atoms with Gasteiger partial charge >= 0.3 is 6.18 Å². The molecule has 0 amide bonds. The van der Waals surface area contributed by atoms with Crippen LogP contribution in [0, 0.1) is 0 Å². The number of hydrogen-bond acceptors (Lipinski definition) is 3. The van der Waals surface area contributed by atoms with Crippen molar-refractivity contribution in [3.05, 3.63) is 47.5 Å². The molecular weight excluding hydrogens is 245 g/mol. The molecule has 0 bridgehead atoms. The van der Waals surface area contributed by atoms with Gasteiger partial charge in [0.25, 0.3) is 0 Å². The summed E-state index contributed by atoms with van der Waals surface area (Å²) in [7, 11) is 0. The van der Waals surface area contributed by atoms with Crippen molar-refractivity contribution in [2.24, 2.45) is 0 Å². The van der Waals surface area contributed by atoms with Crippen LogP contribution in [0.2, 0.25) is 0 Å². The smallest absolute Gasteiger partial charge is 0.382 e. The van der Waals surface area contributed by atoms with Gasteiger partial charge in [0.15, 0.2) is 0 Å². The normalized spacial score (nSPS) is 17.4. The Morgan fingerprint density at radius 3 is 2.56 bits per heavy atom. The zero-order valence-corrected chi connectivity index (χ0v) is 8.94. The predicted octanol–water partition coefficient (Wildman–Crippen LogP) is 2.56. The minimum Gasteiger partial charge on any atom is -0.382 e. The molecule has 0 radical (unpaired) electrons. The van der Waals surface area contributed by atoms with E-state index in [1.165, 1.54) is 0 Å². The van der Waals surface area contributed by atoms with Gasteiger partial charge in [0.05, 0.1) is 5.69 Å². The van der Waals surface area contributed by atoms with Crippen LogP contribution in [0.15, 0.2) is 30.5 Å². The molecule has 0 saturated carbocycles. The van der Waals surface area contributed by atoms with Crippen molar-refractivity contribution in [3.8, 4) is 11.1 Å². The molecule has 0 spiro atoms. The van der Waals surface area contributed by atoms with Gasteiger partial charge in [-0.15, -0.1) is 0 Å². The second-order valence-corrected chi connectivity index (χ2v) is 3.98. The van der Waals surface area contributed by atoms with Crippen molar-refractivity contribution >= 4 is 0 Å². The standard InChI is InChI=1S/C12H7F3N2O/c13-12(14,15)11-16-5-8-6-3-1-2-4-7(6)10(18)9(8)17-11/h1-5,10,18H. The summed E-state index contributed by atoms with van der Waals surface area (Å²) < 4.78 is 37.5. The van der Waals surface area contributed by atoms with Crippen molar-refractivity contribution in [2.75, 3.05) is 0 Å². The van der Waals surface area contributed by atoms with E-state index in [0.29, 0.717) is 16.7 Å². The molecule has 1 aliphatic carbocycles. The Morgan fingerprint density at radius 2 is 1.83 bits per heavy atom. The van der Waals surface area contributed by atoms with Gasteiger partial charge in [-0.1, -0.05) is 24.3 Å². The highest BCUT2D eigenvalue weighted by Gasteiger charge is 2.37. The molecule has 1 aromatic heterocycles. The highest BCUT2D eigenvalue weighted by atomic mass is 19.4. The van der Waals surface area contributed by atoms with Crippen molar-refractivity contribution in [2.45, 2.75) is 12.3 Å². The van der Waals surface area contributed by atoms with Crippen molar-refractivity contribution < 1.29 is 18.3 Å². The zero-order valence-electron chi connectivity index (χ0n) is 8.94. The number of alkyl halides is 3. The maximum absolute atomic E-state index is 12.5. The van der Waals surface area contributed by atoms with Crippen LogP contribution in [0.25, 0.3) is 11.1 Å². The van der Waals surface area contributed by atoms with E-state index < -0.39 is 18.1 Å². The summed E-state index contributed by atoms with van der Waals surface area (Å²) in [6.07, 6.45) is -4.62. The minimum absolute atomic E-state index is 0.0125. The molecule has 92 valence electrons. The van der Waals surface area contributed by atoms with Gasteiger partial charge in [0, 0.05) is 11.8 Å². The topological polar surface area (TPSA) is 46.0 Å². The average Bonchev–Trinajstić information content (AvgIpc) is 2.63. The van der Waals surface area contributed by atoms with Crippen LogP contribution >= 0.6 is 0 Å². The molecule has 1 unspecified atom stereocenters. The first-order valence-electron chi connectivity index (χ1n) is 5.20. The van der Waals surface area contributed by atoms with E-state index in [2.05, 4.69) is 9.97 Å². The Balaban J connectivity index is 2.20. The number of nitrogens with zero attached hydrogens (tertiary/aromatic N) is 2. The van der Waals surface area contributed by atoms with Crippen molar-refractivity contribution in [3.63, 3.8) is 0 Å². The lowest BCUT2D eigenvalue weighted by Gasteiger charge is -2.08. The third-order valence-electron chi connectivity index (χ3n) is 2.88. The Hall–Kier alpha value is -1.95. The maximum atomic E-state index is 12.5. The second kappa shape index (κ2) is 3.52. The summed E-state index contributed by atoms with van der Waals surface area (Å²) in [5, 5.41) is 9.97. The summed E-state index contributed by atoms with van der Waals surface area (Å²) in [6.45, 7) is 0. The quantitative estimate of drug-likeness (QED) is 0.783. The number of halogens is 3. The summed E-state index contributed by atoms with van der Waals surface area (Å²) in [5.41, 5.74) is 1.69. The summed E-state index contributed by atoms with van der Waals surface area (Å²) in [4.78, 5) is 6.74. The van der Waals surface area contributed by atoms with Gasteiger partial charge in [-0.05, 0) is 11.1 Å². The van der Waals surface area contributed by atoms with Crippen molar-refractivity contribution in [1.29, 1.82) is 0 Å². The van der Waals surface area contributed by atoms with Crippen molar-refractivity contribution in [1.82, 2.24) is 9.97 Å². The van der Waals surface area contributed by atoms with Crippen LogP contribution in [0.4, 0.5) is 13.2 Å². The summed E-state index contributed by atoms with van der Waals surface area (Å²) >= 11 is 0. The van der Waals surface area contributed by atoms with E-state index in [-0.39, 0.29) is 5.69 Å². The molecule has 1 heterocycles. The molecule has 0 aliphatic heterocycles. The largest absolute Gasteiger partial charge is 0.451 e. The van der Waals surface area contributed by atoms with E-state index in [1.54, 1.807) is 24.3 Å². The number of aliphatic hydroxyl groups excluding tert-OH is 1. The fraction of sp³-hybridized carbons (Fsp3) is 0.167. The van der Waals surface area contributed by atoms with Gasteiger partial charge in [-0.3, -0.25) is 0 Å². The fourth-order valence-corrected chi connectivity index (χ4v) is 2.08. The van der Waals surface area contributed by atoms with E-state index in [0.717, 1.165) is 6.20 Å². The molecule has 2 aromatic rings. The first-order chi connectivity index (χ1) is 8.48. The molecule has 0 saturated heterocycles. The monoisotopic (exact) mass is 252 g/mol. The third kappa shape index (κ3) is 1.49. The SMILES string of the molecule is OC1c2ccccc2-c2cnc(C(F)(F)F)nc21. The van der Waals surface area contributed by atoms with Crippen LogP contribution in [-0.4, -0.2) is 15.1 Å². The molecular formula is C12H7F3N2O. The van der Waals surface area contributed by atoms with E-state index in [9.17, 15) is 18.3 Å². The third-order valence-corrected chi connectivity index (χ3v) is 2.88. The summed E-state index contributed by atoms with van der Waals surface area (Å²) in [5.74, 6) is -1.23. The number of aliphatic hydroxyl groups is 1. The number of hydrogen-bond donors (Lipinski definition) is 1. The van der Waals surface area contributed by atoms with Gasteiger partial charge in [0.2, 0.25) is 5.82 Å². The highest BCUT2D eigenvalue weighted by Crippen LogP contribution is 2.42. The molecule has 18 heavy (non-hydrogen) atoms. The minimum atomic E-state index is -4.61. The van der Waals surface area contributed by atoms with E-state index in [4.69, 9.17) is 0 Å². The summed E-state index contributed by atoms with van der Waals surface area (Å²) in [6, 6.07) is 6.85. The molecule has 1 N–H and O–H groups in total. The Labute approximate surface area is 99.9 Å². The molecule has 0 fully saturated rings. The first kappa shape index (κ1) is 11.2. The van der Waals surface area contributed by atoms with E-state index in [1.807, 2.05) is 0 Å². The molecule has 1 aromatic carbocycles. The van der Waals surface area contributed by atoms with Crippen LogP contribution in [0.3, 0.4) is 0 Å². The van der Waals surface area contributed by atoms with Crippen LogP contribution in [0.5, 0.6) is 0 Å². The first-order valence-corrected chi connectivity index (χ1v) is 5.20. The fourth-order valence-electron chi connectivity index (χ4n) is 2.08. The molecule has 1 atom stereocenters. The van der Waals surface area contributed by atoms with Gasteiger partial charge in [0.1, 0.15) is 6.10 Å². The second-order valence-electron chi connectivity index (χ2n) is 3.98. The highest BCUT2D eigenvalue weighted by molar-refractivity contribution is 5.75. The lowest BCUT2D eigenvalue weighted by Crippen LogP contribution is -2.13. The molecule has 3 rings (SSSR count).